The van der Waals surface area contributed by atoms with Gasteiger partial charge in [-0.2, -0.15) is 0 Å². The SMILES string of the molecule is CC(C)N(C(=O)C(C)(C)C)C(C)CCC(C)(C)C(=O)c1ccco1. The van der Waals surface area contributed by atoms with E-state index >= 15 is 0 Å². The van der Waals surface area contributed by atoms with Gasteiger partial charge in [-0.25, -0.2) is 0 Å². The van der Waals surface area contributed by atoms with Crippen molar-refractivity contribution in [3.05, 3.63) is 24.2 Å². The molecule has 1 amide bonds. The van der Waals surface area contributed by atoms with Crippen molar-refractivity contribution in [2.24, 2.45) is 10.8 Å². The van der Waals surface area contributed by atoms with Crippen LogP contribution in [0.3, 0.4) is 0 Å². The highest BCUT2D eigenvalue weighted by atomic mass is 16.3. The minimum Gasteiger partial charge on any atom is -0.461 e. The van der Waals surface area contributed by atoms with Crippen molar-refractivity contribution in [2.75, 3.05) is 0 Å². The van der Waals surface area contributed by atoms with Gasteiger partial charge in [-0.1, -0.05) is 34.6 Å². The smallest absolute Gasteiger partial charge is 0.228 e. The molecule has 0 aliphatic rings. The summed E-state index contributed by atoms with van der Waals surface area (Å²) < 4.78 is 5.24. The molecule has 4 heteroatoms. The molecule has 0 aliphatic heterocycles. The number of nitrogens with zero attached hydrogens (tertiary/aromatic N) is 1. The summed E-state index contributed by atoms with van der Waals surface area (Å²) >= 11 is 0. The molecule has 4 nitrogen and oxygen atoms in total. The van der Waals surface area contributed by atoms with E-state index in [1.165, 1.54) is 6.26 Å². The standard InChI is InChI=1S/C20H33NO3/c1-14(2)21(18(23)19(4,5)6)15(3)11-12-20(7,8)17(22)16-10-9-13-24-16/h9-10,13-15H,11-12H2,1-8H3. The summed E-state index contributed by atoms with van der Waals surface area (Å²) in [5.74, 6) is 0.567. The van der Waals surface area contributed by atoms with Crippen molar-refractivity contribution in [1.82, 2.24) is 4.90 Å². The molecule has 0 saturated carbocycles. The zero-order valence-corrected chi connectivity index (χ0v) is 16.5. The number of carbonyl (C=O) groups is 2. The Labute approximate surface area is 146 Å². The molecule has 24 heavy (non-hydrogen) atoms. The Kier molecular flexibility index (Phi) is 6.43. The Morgan fingerprint density at radius 1 is 1.12 bits per heavy atom. The topological polar surface area (TPSA) is 50.5 Å². The predicted octanol–water partition coefficient (Wildman–Crippen LogP) is 4.94. The lowest BCUT2D eigenvalue weighted by Gasteiger charge is -2.38. The second-order valence-electron chi connectivity index (χ2n) is 8.63. The fourth-order valence-electron chi connectivity index (χ4n) is 2.89. The third-order valence-corrected chi connectivity index (χ3v) is 4.45. The first-order valence-corrected chi connectivity index (χ1v) is 8.79. The zero-order valence-electron chi connectivity index (χ0n) is 16.5. The molecule has 1 unspecified atom stereocenters. The van der Waals surface area contributed by atoms with E-state index in [0.717, 1.165) is 6.42 Å². The van der Waals surface area contributed by atoms with Gasteiger partial charge in [-0.15, -0.1) is 0 Å². The second-order valence-corrected chi connectivity index (χ2v) is 8.63. The Morgan fingerprint density at radius 2 is 1.71 bits per heavy atom. The van der Waals surface area contributed by atoms with E-state index in [1.807, 2.05) is 53.4 Å². The zero-order chi connectivity index (χ0) is 18.7. The summed E-state index contributed by atoms with van der Waals surface area (Å²) in [5, 5.41) is 0. The molecule has 0 bridgehead atoms. The van der Waals surface area contributed by atoms with Crippen molar-refractivity contribution < 1.29 is 14.0 Å². The number of ketones is 1. The molecular formula is C20H33NO3. The van der Waals surface area contributed by atoms with Crippen LogP contribution in [-0.4, -0.2) is 28.7 Å². The highest BCUT2D eigenvalue weighted by molar-refractivity contribution is 5.97. The average Bonchev–Trinajstić information content (AvgIpc) is 2.97. The van der Waals surface area contributed by atoms with Crippen LogP contribution in [0.2, 0.25) is 0 Å². The van der Waals surface area contributed by atoms with Gasteiger partial charge in [0.2, 0.25) is 11.7 Å². The predicted molar refractivity (Wildman–Crippen MR) is 97.0 cm³/mol. The number of carbonyl (C=O) groups excluding carboxylic acids is 2. The first-order valence-electron chi connectivity index (χ1n) is 8.79. The van der Waals surface area contributed by atoms with Crippen LogP contribution in [0.5, 0.6) is 0 Å². The molecule has 0 saturated heterocycles. The van der Waals surface area contributed by atoms with Crippen LogP contribution >= 0.6 is 0 Å². The Morgan fingerprint density at radius 3 is 2.12 bits per heavy atom. The molecule has 1 aromatic heterocycles. The summed E-state index contributed by atoms with van der Waals surface area (Å²) in [6, 6.07) is 3.65. The van der Waals surface area contributed by atoms with Crippen molar-refractivity contribution in [3.8, 4) is 0 Å². The lowest BCUT2D eigenvalue weighted by molar-refractivity contribution is -0.143. The second kappa shape index (κ2) is 7.54. The Hall–Kier alpha value is -1.58. The van der Waals surface area contributed by atoms with Gasteiger partial charge in [0.15, 0.2) is 5.76 Å². The maximum absolute atomic E-state index is 12.7. The van der Waals surface area contributed by atoms with Crippen molar-refractivity contribution in [2.45, 2.75) is 80.3 Å². The van der Waals surface area contributed by atoms with E-state index in [-0.39, 0.29) is 23.8 Å². The number of hydrogen-bond acceptors (Lipinski definition) is 3. The van der Waals surface area contributed by atoms with Gasteiger partial charge in [0.25, 0.3) is 0 Å². The molecule has 0 aromatic carbocycles. The molecule has 1 heterocycles. The number of rotatable bonds is 7. The number of Topliss-reactive ketones (excluding diaryl/α,β-unsaturated/α-hetero) is 1. The summed E-state index contributed by atoms with van der Waals surface area (Å²) in [7, 11) is 0. The van der Waals surface area contributed by atoms with Crippen LogP contribution < -0.4 is 0 Å². The van der Waals surface area contributed by atoms with Crippen molar-refractivity contribution in [1.29, 1.82) is 0 Å². The lowest BCUT2D eigenvalue weighted by Crippen LogP contribution is -2.48. The molecule has 1 aromatic rings. The minimum atomic E-state index is -0.514. The van der Waals surface area contributed by atoms with Crippen LogP contribution in [0, 0.1) is 10.8 Å². The van der Waals surface area contributed by atoms with Crippen molar-refractivity contribution in [3.63, 3.8) is 0 Å². The highest BCUT2D eigenvalue weighted by Crippen LogP contribution is 2.30. The van der Waals surface area contributed by atoms with Gasteiger partial charge in [0.05, 0.1) is 6.26 Å². The fraction of sp³-hybridized carbons (Fsp3) is 0.700. The first kappa shape index (κ1) is 20.5. The van der Waals surface area contributed by atoms with Crippen LogP contribution in [0.4, 0.5) is 0 Å². The Bertz CT molecular complexity index is 550. The van der Waals surface area contributed by atoms with E-state index in [2.05, 4.69) is 6.92 Å². The van der Waals surface area contributed by atoms with Crippen LogP contribution in [0.25, 0.3) is 0 Å². The number of furan rings is 1. The molecular weight excluding hydrogens is 302 g/mol. The van der Waals surface area contributed by atoms with Gasteiger partial charge in [0, 0.05) is 22.9 Å². The normalized spacial score (nSPS) is 13.9. The van der Waals surface area contributed by atoms with Crippen molar-refractivity contribution >= 4 is 11.7 Å². The van der Waals surface area contributed by atoms with Gasteiger partial charge >= 0.3 is 0 Å². The Balaban J connectivity index is 2.79. The van der Waals surface area contributed by atoms with Crippen LogP contribution in [0.15, 0.2) is 22.8 Å². The lowest BCUT2D eigenvalue weighted by atomic mass is 9.81. The molecule has 0 fully saturated rings. The molecule has 0 spiro atoms. The monoisotopic (exact) mass is 335 g/mol. The molecule has 1 atom stereocenters. The van der Waals surface area contributed by atoms with E-state index < -0.39 is 10.8 Å². The fourth-order valence-corrected chi connectivity index (χ4v) is 2.89. The van der Waals surface area contributed by atoms with E-state index in [0.29, 0.717) is 12.2 Å². The molecule has 0 aliphatic carbocycles. The summed E-state index contributed by atoms with van der Waals surface area (Å²) in [6.07, 6.45) is 3.00. The third kappa shape index (κ3) is 4.96. The average molecular weight is 335 g/mol. The van der Waals surface area contributed by atoms with E-state index in [9.17, 15) is 9.59 Å². The van der Waals surface area contributed by atoms with Crippen LogP contribution in [-0.2, 0) is 4.79 Å². The first-order chi connectivity index (χ1) is 10.9. The van der Waals surface area contributed by atoms with Gasteiger partial charge in [0.1, 0.15) is 0 Å². The van der Waals surface area contributed by atoms with Crippen LogP contribution in [0.1, 0.15) is 78.8 Å². The molecule has 136 valence electrons. The maximum atomic E-state index is 12.7. The summed E-state index contributed by atoms with van der Waals surface area (Å²) in [5.41, 5.74) is -0.919. The number of hydrogen-bond donors (Lipinski definition) is 0. The quantitative estimate of drug-likeness (QED) is 0.663. The number of amides is 1. The van der Waals surface area contributed by atoms with Gasteiger partial charge in [-0.3, -0.25) is 9.59 Å². The van der Waals surface area contributed by atoms with Gasteiger partial charge in [-0.05, 0) is 45.7 Å². The largest absolute Gasteiger partial charge is 0.461 e. The highest BCUT2D eigenvalue weighted by Gasteiger charge is 2.35. The minimum absolute atomic E-state index is 0.0120. The van der Waals surface area contributed by atoms with Gasteiger partial charge < -0.3 is 9.32 Å². The molecule has 0 N–H and O–H groups in total. The van der Waals surface area contributed by atoms with E-state index in [1.54, 1.807) is 12.1 Å². The summed E-state index contributed by atoms with van der Waals surface area (Å²) in [4.78, 5) is 27.3. The summed E-state index contributed by atoms with van der Waals surface area (Å²) in [6.45, 7) is 15.9. The van der Waals surface area contributed by atoms with E-state index in [4.69, 9.17) is 4.42 Å². The third-order valence-electron chi connectivity index (χ3n) is 4.45. The molecule has 0 radical (unpaired) electrons. The molecule has 1 rings (SSSR count). The maximum Gasteiger partial charge on any atom is 0.228 e.